The van der Waals surface area contributed by atoms with Gasteiger partial charge in [-0.15, -0.1) is 0 Å². The zero-order valence-corrected chi connectivity index (χ0v) is 13.1. The van der Waals surface area contributed by atoms with Gasteiger partial charge in [-0.25, -0.2) is 0 Å². The summed E-state index contributed by atoms with van der Waals surface area (Å²) in [6, 6.07) is 15.8. The summed E-state index contributed by atoms with van der Waals surface area (Å²) < 4.78 is 0. The number of hydrogen-bond donors (Lipinski definition) is 2. The van der Waals surface area contributed by atoms with Gasteiger partial charge in [0.1, 0.15) is 0 Å². The highest BCUT2D eigenvalue weighted by molar-refractivity contribution is 5.99. The Morgan fingerprint density at radius 1 is 1.00 bits per heavy atom. The van der Waals surface area contributed by atoms with E-state index in [1.165, 1.54) is 5.56 Å². The molecule has 1 aliphatic rings. The Hall–Kier alpha value is -2.53. The minimum Gasteiger partial charge on any atom is -0.399 e. The van der Waals surface area contributed by atoms with Crippen LogP contribution in [0.15, 0.2) is 48.5 Å². The highest BCUT2D eigenvalue weighted by atomic mass is 16.1. The minimum atomic E-state index is -0.431. The third kappa shape index (κ3) is 3.63. The summed E-state index contributed by atoms with van der Waals surface area (Å²) in [6.07, 6.45) is 0. The van der Waals surface area contributed by atoms with E-state index in [4.69, 9.17) is 11.5 Å². The van der Waals surface area contributed by atoms with Crippen molar-refractivity contribution < 1.29 is 4.79 Å². The number of hydrogen-bond acceptors (Lipinski definition) is 4. The van der Waals surface area contributed by atoms with E-state index in [0.717, 1.165) is 38.4 Å². The van der Waals surface area contributed by atoms with Gasteiger partial charge in [0.15, 0.2) is 0 Å². The van der Waals surface area contributed by atoms with Crippen molar-refractivity contribution in [3.8, 4) is 0 Å². The smallest absolute Gasteiger partial charge is 0.250 e. The standard InChI is InChI=1S/C18H22N4O/c19-15-6-7-17(16(12-15)18(20)23)22-10-8-21(9-11-22)13-14-4-2-1-3-5-14/h1-7,12H,8-11,13,19H2,(H2,20,23). The van der Waals surface area contributed by atoms with Crippen LogP contribution in [-0.2, 0) is 6.54 Å². The molecule has 1 saturated heterocycles. The van der Waals surface area contributed by atoms with Crippen LogP contribution in [0.4, 0.5) is 11.4 Å². The second kappa shape index (κ2) is 6.71. The number of nitrogens with two attached hydrogens (primary N) is 2. The lowest BCUT2D eigenvalue weighted by Gasteiger charge is -2.36. The lowest BCUT2D eigenvalue weighted by Crippen LogP contribution is -2.46. The largest absolute Gasteiger partial charge is 0.399 e. The summed E-state index contributed by atoms with van der Waals surface area (Å²) in [4.78, 5) is 16.3. The highest BCUT2D eigenvalue weighted by Crippen LogP contribution is 2.24. The first-order chi connectivity index (χ1) is 11.1. The Bertz CT molecular complexity index is 679. The van der Waals surface area contributed by atoms with E-state index in [9.17, 15) is 4.79 Å². The fraction of sp³-hybridized carbons (Fsp3) is 0.278. The molecule has 2 aromatic carbocycles. The van der Waals surface area contributed by atoms with Crippen molar-refractivity contribution in [2.24, 2.45) is 5.73 Å². The van der Waals surface area contributed by atoms with Crippen molar-refractivity contribution in [2.75, 3.05) is 36.8 Å². The third-order valence-corrected chi connectivity index (χ3v) is 4.25. The van der Waals surface area contributed by atoms with E-state index >= 15 is 0 Å². The third-order valence-electron chi connectivity index (χ3n) is 4.25. The summed E-state index contributed by atoms with van der Waals surface area (Å²) in [6.45, 7) is 4.61. The van der Waals surface area contributed by atoms with E-state index in [1.807, 2.05) is 18.2 Å². The molecule has 0 aliphatic carbocycles. The molecule has 1 fully saturated rings. The molecular weight excluding hydrogens is 288 g/mol. The van der Waals surface area contributed by atoms with E-state index in [2.05, 4.69) is 34.1 Å². The Kier molecular flexibility index (Phi) is 4.48. The number of rotatable bonds is 4. The van der Waals surface area contributed by atoms with Crippen LogP contribution in [0.3, 0.4) is 0 Å². The fourth-order valence-electron chi connectivity index (χ4n) is 3.02. The van der Waals surface area contributed by atoms with E-state index < -0.39 is 5.91 Å². The van der Waals surface area contributed by atoms with Gasteiger partial charge in [-0.05, 0) is 23.8 Å². The van der Waals surface area contributed by atoms with Crippen LogP contribution < -0.4 is 16.4 Å². The molecule has 0 radical (unpaired) electrons. The number of primary amides is 1. The van der Waals surface area contributed by atoms with Gasteiger partial charge >= 0.3 is 0 Å². The van der Waals surface area contributed by atoms with Gasteiger partial charge in [-0.1, -0.05) is 30.3 Å². The van der Waals surface area contributed by atoms with Gasteiger partial charge in [-0.3, -0.25) is 9.69 Å². The monoisotopic (exact) mass is 310 g/mol. The van der Waals surface area contributed by atoms with Crippen molar-refractivity contribution in [1.29, 1.82) is 0 Å². The average Bonchev–Trinajstić information content (AvgIpc) is 2.56. The van der Waals surface area contributed by atoms with Crippen LogP contribution in [0, 0.1) is 0 Å². The van der Waals surface area contributed by atoms with Crippen LogP contribution in [0.2, 0.25) is 0 Å². The molecule has 1 aliphatic heterocycles. The molecular formula is C18H22N4O. The lowest BCUT2D eigenvalue weighted by molar-refractivity contribution is 0.100. The molecule has 0 unspecified atom stereocenters. The number of benzene rings is 2. The number of piperazine rings is 1. The number of amides is 1. The molecule has 0 saturated carbocycles. The first-order valence-electron chi connectivity index (χ1n) is 7.84. The zero-order chi connectivity index (χ0) is 16.2. The van der Waals surface area contributed by atoms with Gasteiger partial charge in [0, 0.05) is 44.1 Å². The summed E-state index contributed by atoms with van der Waals surface area (Å²) in [5, 5.41) is 0. The van der Waals surface area contributed by atoms with Crippen molar-refractivity contribution in [3.05, 3.63) is 59.7 Å². The molecule has 23 heavy (non-hydrogen) atoms. The predicted octanol–water partition coefficient (Wildman–Crippen LogP) is 1.69. The predicted molar refractivity (Wildman–Crippen MR) is 93.3 cm³/mol. The van der Waals surface area contributed by atoms with Gasteiger partial charge in [-0.2, -0.15) is 0 Å². The summed E-state index contributed by atoms with van der Waals surface area (Å²) >= 11 is 0. The quantitative estimate of drug-likeness (QED) is 0.843. The van der Waals surface area contributed by atoms with Crippen LogP contribution in [0.25, 0.3) is 0 Å². The Morgan fingerprint density at radius 2 is 1.70 bits per heavy atom. The molecule has 0 bridgehead atoms. The van der Waals surface area contributed by atoms with Crippen LogP contribution in [0.5, 0.6) is 0 Å². The van der Waals surface area contributed by atoms with Crippen molar-refractivity contribution in [1.82, 2.24) is 4.90 Å². The maximum atomic E-state index is 11.7. The van der Waals surface area contributed by atoms with Crippen molar-refractivity contribution in [2.45, 2.75) is 6.54 Å². The number of anilines is 2. The molecule has 2 aromatic rings. The molecule has 1 amide bonds. The molecule has 1 heterocycles. The van der Waals surface area contributed by atoms with Gasteiger partial charge in [0.2, 0.25) is 0 Å². The van der Waals surface area contributed by atoms with Crippen LogP contribution in [-0.4, -0.2) is 37.0 Å². The highest BCUT2D eigenvalue weighted by Gasteiger charge is 2.21. The second-order valence-corrected chi connectivity index (χ2v) is 5.89. The summed E-state index contributed by atoms with van der Waals surface area (Å²) in [5.41, 5.74) is 14.5. The molecule has 0 atom stereocenters. The minimum absolute atomic E-state index is 0.431. The SMILES string of the molecule is NC(=O)c1cc(N)ccc1N1CCN(Cc2ccccc2)CC1. The second-order valence-electron chi connectivity index (χ2n) is 5.89. The van der Waals surface area contributed by atoms with Gasteiger partial charge in [0.25, 0.3) is 5.91 Å². The molecule has 5 heteroatoms. The zero-order valence-electron chi connectivity index (χ0n) is 13.1. The van der Waals surface area contributed by atoms with E-state index in [1.54, 1.807) is 6.07 Å². The molecule has 5 nitrogen and oxygen atoms in total. The Morgan fingerprint density at radius 3 is 2.35 bits per heavy atom. The molecule has 3 rings (SSSR count). The van der Waals surface area contributed by atoms with E-state index in [0.29, 0.717) is 11.3 Å². The first kappa shape index (κ1) is 15.4. The molecule has 0 aromatic heterocycles. The van der Waals surface area contributed by atoms with Crippen LogP contribution in [0.1, 0.15) is 15.9 Å². The number of carbonyl (C=O) groups excluding carboxylic acids is 1. The fourth-order valence-corrected chi connectivity index (χ4v) is 3.02. The molecule has 120 valence electrons. The number of carbonyl (C=O) groups is 1. The van der Waals surface area contributed by atoms with Gasteiger partial charge in [0.05, 0.1) is 5.56 Å². The summed E-state index contributed by atoms with van der Waals surface area (Å²) in [5.74, 6) is -0.431. The van der Waals surface area contributed by atoms with E-state index in [-0.39, 0.29) is 0 Å². The summed E-state index contributed by atoms with van der Waals surface area (Å²) in [7, 11) is 0. The molecule has 4 N–H and O–H groups in total. The Labute approximate surface area is 136 Å². The van der Waals surface area contributed by atoms with Crippen molar-refractivity contribution in [3.63, 3.8) is 0 Å². The van der Waals surface area contributed by atoms with Gasteiger partial charge < -0.3 is 16.4 Å². The first-order valence-corrected chi connectivity index (χ1v) is 7.84. The average molecular weight is 310 g/mol. The van der Waals surface area contributed by atoms with Crippen LogP contribution >= 0.6 is 0 Å². The number of nitrogen functional groups attached to an aromatic ring is 1. The van der Waals surface area contributed by atoms with Crippen molar-refractivity contribution >= 4 is 17.3 Å². The topological polar surface area (TPSA) is 75.6 Å². The molecule has 0 spiro atoms. The maximum absolute atomic E-state index is 11.7. The number of nitrogens with zero attached hydrogens (tertiary/aromatic N) is 2. The normalized spacial score (nSPS) is 15.6. The maximum Gasteiger partial charge on any atom is 0.250 e. The lowest BCUT2D eigenvalue weighted by atomic mass is 10.1. The Balaban J connectivity index is 1.66.